The summed E-state index contributed by atoms with van der Waals surface area (Å²) in [6.45, 7) is 2.21. The van der Waals surface area contributed by atoms with E-state index in [0.29, 0.717) is 6.54 Å². The fourth-order valence-corrected chi connectivity index (χ4v) is 0.943. The summed E-state index contributed by atoms with van der Waals surface area (Å²) in [5.41, 5.74) is 0. The molecule has 0 aromatic carbocycles. The molecule has 12 heavy (non-hydrogen) atoms. The number of nitriles is 1. The largest absolute Gasteiger partial charge is 0.304 e. The number of rotatable bonds is 5. The van der Waals surface area contributed by atoms with Crippen molar-refractivity contribution in [3.05, 3.63) is 18.5 Å². The minimum absolute atomic E-state index is 0.430. The Morgan fingerprint density at radius 3 is 3.17 bits per heavy atom. The number of nitrogens with one attached hydrogen (secondary N) is 1. The molecule has 0 aliphatic carbocycles. The molecule has 0 atom stereocenters. The Bertz CT molecular complexity index is 234. The third kappa shape index (κ3) is 3.17. The Morgan fingerprint density at radius 2 is 2.50 bits per heavy atom. The van der Waals surface area contributed by atoms with Gasteiger partial charge in [0, 0.05) is 18.9 Å². The van der Waals surface area contributed by atoms with Gasteiger partial charge in [-0.15, -0.1) is 0 Å². The van der Waals surface area contributed by atoms with Crippen molar-refractivity contribution in [2.45, 2.75) is 13.0 Å². The number of aromatic nitrogens is 2. The van der Waals surface area contributed by atoms with Crippen LogP contribution in [0.4, 0.5) is 0 Å². The van der Waals surface area contributed by atoms with Crippen molar-refractivity contribution in [1.82, 2.24) is 15.1 Å². The minimum atomic E-state index is 0.430. The van der Waals surface area contributed by atoms with Crippen LogP contribution in [0.25, 0.3) is 0 Å². The molecular formula is C8H12N4. The van der Waals surface area contributed by atoms with Gasteiger partial charge in [-0.2, -0.15) is 10.4 Å². The average Bonchev–Trinajstić information content (AvgIpc) is 2.57. The summed E-state index contributed by atoms with van der Waals surface area (Å²) < 4.78 is 1.88. The van der Waals surface area contributed by atoms with E-state index in [9.17, 15) is 0 Å². The molecule has 0 amide bonds. The van der Waals surface area contributed by atoms with Crippen molar-refractivity contribution in [2.75, 3.05) is 13.1 Å². The van der Waals surface area contributed by atoms with Crippen LogP contribution in [0.2, 0.25) is 0 Å². The summed E-state index contributed by atoms with van der Waals surface area (Å²) >= 11 is 0. The SMILES string of the molecule is N#CCNCCCn1cccn1. The van der Waals surface area contributed by atoms with E-state index in [2.05, 4.69) is 10.4 Å². The third-order valence-electron chi connectivity index (χ3n) is 1.50. The first-order valence-electron chi connectivity index (χ1n) is 3.98. The Hall–Kier alpha value is -1.34. The molecule has 0 aliphatic rings. The number of nitrogens with zero attached hydrogens (tertiary/aromatic N) is 3. The monoisotopic (exact) mass is 164 g/mol. The fourth-order valence-electron chi connectivity index (χ4n) is 0.943. The molecule has 0 saturated carbocycles. The molecule has 0 saturated heterocycles. The van der Waals surface area contributed by atoms with Gasteiger partial charge in [0.25, 0.3) is 0 Å². The standard InChI is InChI=1S/C8H12N4/c9-3-6-10-4-1-7-12-8-2-5-11-12/h2,5,8,10H,1,4,6-7H2. The molecule has 4 heteroatoms. The molecule has 1 aromatic rings. The summed E-state index contributed by atoms with van der Waals surface area (Å²) in [5.74, 6) is 0. The van der Waals surface area contributed by atoms with Crippen LogP contribution in [0, 0.1) is 11.3 Å². The van der Waals surface area contributed by atoms with Crippen LogP contribution in [-0.2, 0) is 6.54 Å². The highest BCUT2D eigenvalue weighted by molar-refractivity contribution is 4.77. The molecule has 0 spiro atoms. The van der Waals surface area contributed by atoms with Crippen molar-refractivity contribution < 1.29 is 0 Å². The number of hydrogen-bond acceptors (Lipinski definition) is 3. The van der Waals surface area contributed by atoms with Crippen LogP contribution >= 0.6 is 0 Å². The second kappa shape index (κ2) is 5.33. The first-order valence-corrected chi connectivity index (χ1v) is 3.98. The van der Waals surface area contributed by atoms with Crippen molar-refractivity contribution in [1.29, 1.82) is 5.26 Å². The molecule has 0 radical (unpaired) electrons. The van der Waals surface area contributed by atoms with E-state index in [0.717, 1.165) is 19.5 Å². The molecule has 0 fully saturated rings. The van der Waals surface area contributed by atoms with Gasteiger partial charge in [-0.1, -0.05) is 0 Å². The van der Waals surface area contributed by atoms with E-state index in [-0.39, 0.29) is 0 Å². The maximum Gasteiger partial charge on any atom is 0.0840 e. The van der Waals surface area contributed by atoms with Gasteiger partial charge in [0.2, 0.25) is 0 Å². The van der Waals surface area contributed by atoms with E-state index in [1.54, 1.807) is 6.20 Å². The molecule has 0 bridgehead atoms. The highest BCUT2D eigenvalue weighted by atomic mass is 15.3. The lowest BCUT2D eigenvalue weighted by molar-refractivity contribution is 0.556. The lowest BCUT2D eigenvalue weighted by atomic mass is 10.4. The summed E-state index contributed by atoms with van der Waals surface area (Å²) in [7, 11) is 0. The van der Waals surface area contributed by atoms with Gasteiger partial charge in [-0.05, 0) is 19.0 Å². The van der Waals surface area contributed by atoms with Gasteiger partial charge in [-0.3, -0.25) is 4.68 Å². The van der Waals surface area contributed by atoms with E-state index in [4.69, 9.17) is 5.26 Å². The predicted octanol–water partition coefficient (Wildman–Crippen LogP) is 0.386. The van der Waals surface area contributed by atoms with Gasteiger partial charge in [0.15, 0.2) is 0 Å². The molecule has 64 valence electrons. The lowest BCUT2D eigenvalue weighted by Crippen LogP contribution is -2.17. The molecule has 0 unspecified atom stereocenters. The normalized spacial score (nSPS) is 9.58. The summed E-state index contributed by atoms with van der Waals surface area (Å²) in [6, 6.07) is 3.93. The van der Waals surface area contributed by atoms with Crippen LogP contribution in [-0.4, -0.2) is 22.9 Å². The Morgan fingerprint density at radius 1 is 1.58 bits per heavy atom. The Balaban J connectivity index is 2.01. The van der Waals surface area contributed by atoms with Gasteiger partial charge in [0.05, 0.1) is 12.6 Å². The number of aryl methyl sites for hydroxylation is 1. The van der Waals surface area contributed by atoms with Crippen molar-refractivity contribution in [3.8, 4) is 6.07 Å². The predicted molar refractivity (Wildman–Crippen MR) is 45.3 cm³/mol. The zero-order chi connectivity index (χ0) is 8.65. The van der Waals surface area contributed by atoms with Gasteiger partial charge >= 0.3 is 0 Å². The molecule has 0 aliphatic heterocycles. The third-order valence-corrected chi connectivity index (χ3v) is 1.50. The molecular weight excluding hydrogens is 152 g/mol. The minimum Gasteiger partial charge on any atom is -0.304 e. The number of hydrogen-bond donors (Lipinski definition) is 1. The second-order valence-electron chi connectivity index (χ2n) is 2.46. The Kier molecular flexibility index (Phi) is 3.89. The van der Waals surface area contributed by atoms with Gasteiger partial charge in [0.1, 0.15) is 0 Å². The van der Waals surface area contributed by atoms with Crippen molar-refractivity contribution in [3.63, 3.8) is 0 Å². The smallest absolute Gasteiger partial charge is 0.0840 e. The van der Waals surface area contributed by atoms with E-state index in [1.165, 1.54) is 0 Å². The average molecular weight is 164 g/mol. The van der Waals surface area contributed by atoms with E-state index in [1.807, 2.05) is 23.0 Å². The quantitative estimate of drug-likeness (QED) is 0.506. The first kappa shape index (κ1) is 8.75. The molecule has 1 rings (SSSR count). The highest BCUT2D eigenvalue weighted by Crippen LogP contribution is 1.87. The highest BCUT2D eigenvalue weighted by Gasteiger charge is 1.89. The van der Waals surface area contributed by atoms with Crippen LogP contribution in [0.1, 0.15) is 6.42 Å². The van der Waals surface area contributed by atoms with E-state index < -0.39 is 0 Å². The van der Waals surface area contributed by atoms with Gasteiger partial charge in [-0.25, -0.2) is 0 Å². The fraction of sp³-hybridized carbons (Fsp3) is 0.500. The van der Waals surface area contributed by atoms with Crippen LogP contribution < -0.4 is 5.32 Å². The van der Waals surface area contributed by atoms with E-state index >= 15 is 0 Å². The summed E-state index contributed by atoms with van der Waals surface area (Å²) in [6.07, 6.45) is 4.70. The second-order valence-corrected chi connectivity index (χ2v) is 2.46. The Labute approximate surface area is 71.8 Å². The first-order chi connectivity index (χ1) is 5.93. The summed E-state index contributed by atoms with van der Waals surface area (Å²) in [4.78, 5) is 0. The maximum atomic E-state index is 8.22. The van der Waals surface area contributed by atoms with Crippen LogP contribution in [0.3, 0.4) is 0 Å². The molecule has 1 N–H and O–H groups in total. The van der Waals surface area contributed by atoms with Crippen molar-refractivity contribution in [2.24, 2.45) is 0 Å². The van der Waals surface area contributed by atoms with Crippen LogP contribution in [0.15, 0.2) is 18.5 Å². The molecule has 1 heterocycles. The summed E-state index contributed by atoms with van der Waals surface area (Å²) in [5, 5.41) is 15.3. The molecule has 1 aromatic heterocycles. The zero-order valence-electron chi connectivity index (χ0n) is 6.90. The van der Waals surface area contributed by atoms with Gasteiger partial charge < -0.3 is 5.32 Å². The zero-order valence-corrected chi connectivity index (χ0v) is 6.90. The lowest BCUT2D eigenvalue weighted by Gasteiger charge is -2.00. The molecule has 4 nitrogen and oxygen atoms in total. The van der Waals surface area contributed by atoms with Crippen molar-refractivity contribution >= 4 is 0 Å². The van der Waals surface area contributed by atoms with Crippen LogP contribution in [0.5, 0.6) is 0 Å². The topological polar surface area (TPSA) is 53.6 Å². The maximum absolute atomic E-state index is 8.22.